The quantitative estimate of drug-likeness (QED) is 0.479. The van der Waals surface area contributed by atoms with Crippen molar-refractivity contribution in [3.63, 3.8) is 0 Å². The molecule has 0 unspecified atom stereocenters. The van der Waals surface area contributed by atoms with Gasteiger partial charge < -0.3 is 29.0 Å². The first kappa shape index (κ1) is 22.2. The number of hydrogen-bond acceptors (Lipinski definition) is 9. The number of benzene rings is 2. The Bertz CT molecular complexity index is 1070. The number of nitrogens with zero attached hydrogens (tertiary/aromatic N) is 1. The molecule has 10 heteroatoms. The molecule has 0 saturated carbocycles. The van der Waals surface area contributed by atoms with Crippen LogP contribution in [-0.2, 0) is 11.3 Å². The first-order valence-corrected chi connectivity index (χ1v) is 9.82. The molecule has 0 saturated heterocycles. The Kier molecular flexibility index (Phi) is 7.14. The highest BCUT2D eigenvalue weighted by atomic mass is 32.1. The maximum atomic E-state index is 14.0. The van der Waals surface area contributed by atoms with Gasteiger partial charge in [0.2, 0.25) is 5.88 Å². The van der Waals surface area contributed by atoms with Gasteiger partial charge in [-0.05, 0) is 35.8 Å². The molecule has 1 aromatic heterocycles. The molecule has 2 aromatic carbocycles. The Balaban J connectivity index is 1.84. The van der Waals surface area contributed by atoms with E-state index < -0.39 is 11.8 Å². The molecule has 0 fully saturated rings. The number of ether oxygens (including phenoxy) is 5. The minimum Gasteiger partial charge on any atom is -0.497 e. The third-order valence-corrected chi connectivity index (χ3v) is 5.11. The summed E-state index contributed by atoms with van der Waals surface area (Å²) in [6.07, 6.45) is 0. The minimum absolute atomic E-state index is 0.00520. The van der Waals surface area contributed by atoms with Gasteiger partial charge in [-0.2, -0.15) is 4.37 Å². The second-order valence-electron chi connectivity index (χ2n) is 6.11. The summed E-state index contributed by atoms with van der Waals surface area (Å²) in [5.74, 6) is 0.302. The number of anilines is 1. The highest BCUT2D eigenvalue weighted by molar-refractivity contribution is 7.10. The molecule has 0 amide bonds. The second-order valence-corrected chi connectivity index (χ2v) is 6.89. The van der Waals surface area contributed by atoms with Crippen molar-refractivity contribution in [2.75, 3.05) is 33.8 Å². The normalized spacial score (nSPS) is 10.4. The van der Waals surface area contributed by atoms with Gasteiger partial charge >= 0.3 is 5.97 Å². The van der Waals surface area contributed by atoms with Crippen LogP contribution in [0.3, 0.4) is 0 Å². The number of carbonyl (C=O) groups excluding carboxylic acids is 1. The fourth-order valence-corrected chi connectivity index (χ4v) is 3.44. The largest absolute Gasteiger partial charge is 0.497 e. The fourth-order valence-electron chi connectivity index (χ4n) is 2.74. The van der Waals surface area contributed by atoms with Crippen molar-refractivity contribution in [1.82, 2.24) is 4.37 Å². The standard InChI is InChI=1S/C21H21FN2O6S/c1-26-13-6-5-12(17(10-13)28-3)11-23-20-18(21(25)29-4)19(24-31-20)30-14-7-8-16(27-2)15(22)9-14/h5-10,23H,11H2,1-4H3. The lowest BCUT2D eigenvalue weighted by molar-refractivity contribution is 0.0599. The molecule has 8 nitrogen and oxygen atoms in total. The minimum atomic E-state index is -0.637. The molecule has 1 heterocycles. The van der Waals surface area contributed by atoms with Crippen molar-refractivity contribution >= 4 is 22.5 Å². The van der Waals surface area contributed by atoms with Crippen molar-refractivity contribution in [2.45, 2.75) is 6.54 Å². The van der Waals surface area contributed by atoms with Gasteiger partial charge in [0.25, 0.3) is 0 Å². The molecule has 0 atom stereocenters. The molecule has 0 bridgehead atoms. The van der Waals surface area contributed by atoms with E-state index >= 15 is 0 Å². The third-order valence-electron chi connectivity index (χ3n) is 4.32. The third kappa shape index (κ3) is 4.97. The average Bonchev–Trinajstić information content (AvgIpc) is 3.19. The summed E-state index contributed by atoms with van der Waals surface area (Å²) in [7, 11) is 5.76. The molecular weight excluding hydrogens is 427 g/mol. The first-order valence-electron chi connectivity index (χ1n) is 9.04. The van der Waals surface area contributed by atoms with E-state index in [4.69, 9.17) is 23.7 Å². The van der Waals surface area contributed by atoms with E-state index in [1.54, 1.807) is 26.4 Å². The predicted octanol–water partition coefficient (Wildman–Crippen LogP) is 4.50. The molecule has 3 aromatic rings. The maximum absolute atomic E-state index is 14.0. The van der Waals surface area contributed by atoms with Gasteiger partial charge in [0.15, 0.2) is 17.1 Å². The van der Waals surface area contributed by atoms with Gasteiger partial charge in [-0.1, -0.05) is 0 Å². The van der Waals surface area contributed by atoms with Gasteiger partial charge in [0, 0.05) is 24.2 Å². The van der Waals surface area contributed by atoms with Crippen LogP contribution in [0.15, 0.2) is 36.4 Å². The lowest BCUT2D eigenvalue weighted by Gasteiger charge is -2.12. The lowest BCUT2D eigenvalue weighted by Crippen LogP contribution is -2.08. The average molecular weight is 448 g/mol. The number of carbonyl (C=O) groups is 1. The van der Waals surface area contributed by atoms with E-state index in [2.05, 4.69) is 9.69 Å². The van der Waals surface area contributed by atoms with Gasteiger partial charge in [0.05, 0.1) is 28.4 Å². The summed E-state index contributed by atoms with van der Waals surface area (Å²) in [4.78, 5) is 12.4. The molecule has 1 N–H and O–H groups in total. The molecule has 0 spiro atoms. The summed E-state index contributed by atoms with van der Waals surface area (Å²) in [5, 5.41) is 3.59. The van der Waals surface area contributed by atoms with Crippen molar-refractivity contribution in [2.24, 2.45) is 0 Å². The molecule has 0 aliphatic rings. The van der Waals surface area contributed by atoms with Crippen molar-refractivity contribution in [3.05, 3.63) is 53.3 Å². The predicted molar refractivity (Wildman–Crippen MR) is 113 cm³/mol. The molecule has 0 aliphatic heterocycles. The van der Waals surface area contributed by atoms with Gasteiger partial charge in [-0.3, -0.25) is 0 Å². The van der Waals surface area contributed by atoms with Crippen LogP contribution >= 0.6 is 11.5 Å². The van der Waals surface area contributed by atoms with Crippen molar-refractivity contribution in [1.29, 1.82) is 0 Å². The SMILES string of the molecule is COC(=O)c1c(Oc2ccc(OC)c(F)c2)nsc1NCc1ccc(OC)cc1OC. The Labute approximate surface area is 182 Å². The molecule has 0 radical (unpaired) electrons. The zero-order chi connectivity index (χ0) is 22.4. The van der Waals surface area contributed by atoms with Gasteiger partial charge in [-0.15, -0.1) is 0 Å². The highest BCUT2D eigenvalue weighted by Gasteiger charge is 2.24. The van der Waals surface area contributed by atoms with Crippen molar-refractivity contribution in [3.8, 4) is 28.9 Å². The van der Waals surface area contributed by atoms with Crippen LogP contribution in [0.2, 0.25) is 0 Å². The van der Waals surface area contributed by atoms with Crippen LogP contribution in [0, 0.1) is 5.82 Å². The van der Waals surface area contributed by atoms with Crippen LogP contribution in [0.25, 0.3) is 0 Å². The summed E-state index contributed by atoms with van der Waals surface area (Å²) >= 11 is 1.02. The Morgan fingerprint density at radius 3 is 2.39 bits per heavy atom. The zero-order valence-electron chi connectivity index (χ0n) is 17.4. The van der Waals surface area contributed by atoms with E-state index in [1.165, 1.54) is 26.4 Å². The number of esters is 1. The lowest BCUT2D eigenvalue weighted by atomic mass is 10.2. The van der Waals surface area contributed by atoms with Crippen LogP contribution in [0.1, 0.15) is 15.9 Å². The maximum Gasteiger partial charge on any atom is 0.346 e. The molecule has 3 rings (SSSR count). The van der Waals surface area contributed by atoms with E-state index in [1.807, 2.05) is 6.07 Å². The number of rotatable bonds is 9. The monoisotopic (exact) mass is 448 g/mol. The second kappa shape index (κ2) is 9.98. The molecule has 31 heavy (non-hydrogen) atoms. The summed E-state index contributed by atoms with van der Waals surface area (Å²) in [5.41, 5.74) is 0.948. The van der Waals surface area contributed by atoms with Crippen LogP contribution in [0.5, 0.6) is 28.9 Å². The highest BCUT2D eigenvalue weighted by Crippen LogP contribution is 2.36. The Morgan fingerprint density at radius 1 is 1.00 bits per heavy atom. The Morgan fingerprint density at radius 2 is 1.74 bits per heavy atom. The summed E-state index contributed by atoms with van der Waals surface area (Å²) in [6.45, 7) is 0.343. The van der Waals surface area contributed by atoms with E-state index in [9.17, 15) is 9.18 Å². The number of halogens is 1. The van der Waals surface area contributed by atoms with Gasteiger partial charge in [-0.25, -0.2) is 9.18 Å². The molecule has 164 valence electrons. The topological polar surface area (TPSA) is 88.1 Å². The first-order chi connectivity index (χ1) is 15.0. The van der Waals surface area contributed by atoms with Crippen LogP contribution in [-0.4, -0.2) is 38.8 Å². The van der Waals surface area contributed by atoms with E-state index in [-0.39, 0.29) is 22.9 Å². The molecule has 0 aliphatic carbocycles. The van der Waals surface area contributed by atoms with E-state index in [0.717, 1.165) is 23.2 Å². The summed E-state index contributed by atoms with van der Waals surface area (Å²) in [6, 6.07) is 9.50. The molecular formula is C21H21FN2O6S. The van der Waals surface area contributed by atoms with Crippen LogP contribution < -0.4 is 24.3 Å². The number of methoxy groups -OCH3 is 4. The number of hydrogen-bond donors (Lipinski definition) is 1. The van der Waals surface area contributed by atoms with E-state index in [0.29, 0.717) is 23.0 Å². The number of aromatic nitrogens is 1. The smallest absolute Gasteiger partial charge is 0.346 e. The summed E-state index contributed by atoms with van der Waals surface area (Å²) < 4.78 is 44.2. The zero-order valence-corrected chi connectivity index (χ0v) is 18.2. The van der Waals surface area contributed by atoms with Crippen molar-refractivity contribution < 1.29 is 32.9 Å². The van der Waals surface area contributed by atoms with Gasteiger partial charge in [0.1, 0.15) is 22.2 Å². The Hall–Kier alpha value is -3.53. The fraction of sp³-hybridized carbons (Fsp3) is 0.238. The van der Waals surface area contributed by atoms with Crippen LogP contribution in [0.4, 0.5) is 9.39 Å². The number of nitrogens with one attached hydrogen (secondary N) is 1.